The van der Waals surface area contributed by atoms with Crippen LogP contribution in [-0.4, -0.2) is 5.91 Å². The van der Waals surface area contributed by atoms with Crippen molar-refractivity contribution in [1.82, 2.24) is 0 Å². The highest BCUT2D eigenvalue weighted by molar-refractivity contribution is 6.28. The molecule has 0 aliphatic carbocycles. The van der Waals surface area contributed by atoms with Gasteiger partial charge in [-0.05, 0) is 42.8 Å². The SMILES string of the molecule is Cc1c(F)cc(C(N)=O)cc1NCc1ccc(Cl)o1. The molecule has 0 saturated carbocycles. The number of carbonyl (C=O) groups excluding carboxylic acids is 1. The van der Waals surface area contributed by atoms with Crippen molar-refractivity contribution in [2.75, 3.05) is 5.32 Å². The molecule has 0 saturated heterocycles. The molecule has 0 atom stereocenters. The van der Waals surface area contributed by atoms with E-state index in [0.717, 1.165) is 6.07 Å². The minimum atomic E-state index is -0.678. The zero-order chi connectivity index (χ0) is 14.0. The molecule has 0 fully saturated rings. The quantitative estimate of drug-likeness (QED) is 0.905. The van der Waals surface area contributed by atoms with Crippen LogP contribution in [0.3, 0.4) is 0 Å². The molecule has 0 aliphatic rings. The van der Waals surface area contributed by atoms with Crippen LogP contribution in [0.15, 0.2) is 28.7 Å². The molecule has 100 valence electrons. The Hall–Kier alpha value is -2.01. The molecule has 19 heavy (non-hydrogen) atoms. The third-order valence-corrected chi connectivity index (χ3v) is 2.91. The van der Waals surface area contributed by atoms with Crippen LogP contribution in [0.4, 0.5) is 10.1 Å². The van der Waals surface area contributed by atoms with E-state index in [9.17, 15) is 9.18 Å². The summed E-state index contributed by atoms with van der Waals surface area (Å²) < 4.78 is 18.8. The lowest BCUT2D eigenvalue weighted by Crippen LogP contribution is -2.13. The van der Waals surface area contributed by atoms with Crippen molar-refractivity contribution in [2.24, 2.45) is 5.73 Å². The number of halogens is 2. The third kappa shape index (κ3) is 3.06. The minimum Gasteiger partial charge on any atom is -0.448 e. The van der Waals surface area contributed by atoms with Crippen LogP contribution in [-0.2, 0) is 6.54 Å². The van der Waals surface area contributed by atoms with Gasteiger partial charge in [0.05, 0.1) is 6.54 Å². The van der Waals surface area contributed by atoms with Crippen LogP contribution in [0, 0.1) is 12.7 Å². The summed E-state index contributed by atoms with van der Waals surface area (Å²) in [6, 6.07) is 5.95. The Labute approximate surface area is 114 Å². The molecule has 1 aromatic heterocycles. The summed E-state index contributed by atoms with van der Waals surface area (Å²) in [5, 5.41) is 3.26. The summed E-state index contributed by atoms with van der Waals surface area (Å²) in [4.78, 5) is 11.1. The molecular weight excluding hydrogens is 271 g/mol. The van der Waals surface area contributed by atoms with E-state index in [2.05, 4.69) is 5.32 Å². The highest BCUT2D eigenvalue weighted by Crippen LogP contribution is 2.22. The number of nitrogens with two attached hydrogens (primary N) is 1. The molecule has 4 nitrogen and oxygen atoms in total. The minimum absolute atomic E-state index is 0.114. The van der Waals surface area contributed by atoms with Gasteiger partial charge in [-0.3, -0.25) is 4.79 Å². The lowest BCUT2D eigenvalue weighted by Gasteiger charge is -2.10. The summed E-state index contributed by atoms with van der Waals surface area (Å²) in [7, 11) is 0. The number of carbonyl (C=O) groups is 1. The molecule has 0 unspecified atom stereocenters. The molecule has 3 N–H and O–H groups in total. The number of amides is 1. The van der Waals surface area contributed by atoms with Gasteiger partial charge in [0.15, 0.2) is 5.22 Å². The van der Waals surface area contributed by atoms with Gasteiger partial charge in [-0.15, -0.1) is 0 Å². The Morgan fingerprint density at radius 2 is 2.21 bits per heavy atom. The molecule has 0 bridgehead atoms. The number of primary amides is 1. The lowest BCUT2D eigenvalue weighted by molar-refractivity contribution is 0.1000. The van der Waals surface area contributed by atoms with Crippen LogP contribution in [0.25, 0.3) is 0 Å². The molecule has 2 aromatic rings. The fourth-order valence-electron chi connectivity index (χ4n) is 1.63. The third-order valence-electron chi connectivity index (χ3n) is 2.71. The summed E-state index contributed by atoms with van der Waals surface area (Å²) in [5.74, 6) is -0.562. The second kappa shape index (κ2) is 5.32. The average Bonchev–Trinajstić information content (AvgIpc) is 2.76. The summed E-state index contributed by atoms with van der Waals surface area (Å²) >= 11 is 5.65. The smallest absolute Gasteiger partial charge is 0.248 e. The van der Waals surface area contributed by atoms with Gasteiger partial charge in [0, 0.05) is 16.8 Å². The molecular formula is C13H12ClFN2O2. The summed E-state index contributed by atoms with van der Waals surface area (Å²) in [6.07, 6.45) is 0. The number of anilines is 1. The Bertz CT molecular complexity index is 625. The van der Waals surface area contributed by atoms with E-state index in [4.69, 9.17) is 21.8 Å². The zero-order valence-electron chi connectivity index (χ0n) is 10.2. The number of benzene rings is 1. The van der Waals surface area contributed by atoms with Gasteiger partial charge in [0.2, 0.25) is 5.91 Å². The Morgan fingerprint density at radius 3 is 2.79 bits per heavy atom. The lowest BCUT2D eigenvalue weighted by atomic mass is 10.1. The van der Waals surface area contributed by atoms with Gasteiger partial charge in [0.25, 0.3) is 0 Å². The first-order valence-corrected chi connectivity index (χ1v) is 5.93. The van der Waals surface area contributed by atoms with Crippen LogP contribution in [0.2, 0.25) is 5.22 Å². The molecule has 1 heterocycles. The predicted octanol–water partition coefficient (Wildman–Crippen LogP) is 3.09. The van der Waals surface area contributed by atoms with Crippen molar-refractivity contribution in [3.63, 3.8) is 0 Å². The van der Waals surface area contributed by atoms with E-state index in [1.165, 1.54) is 6.07 Å². The van der Waals surface area contributed by atoms with Crippen molar-refractivity contribution in [1.29, 1.82) is 0 Å². The number of rotatable bonds is 4. The Kier molecular flexibility index (Phi) is 3.76. The van der Waals surface area contributed by atoms with Gasteiger partial charge in [-0.1, -0.05) is 0 Å². The van der Waals surface area contributed by atoms with Crippen LogP contribution in [0.5, 0.6) is 0 Å². The maximum atomic E-state index is 13.6. The molecule has 1 amide bonds. The van der Waals surface area contributed by atoms with Crippen molar-refractivity contribution in [3.05, 3.63) is 52.2 Å². The van der Waals surface area contributed by atoms with Crippen LogP contribution in [0.1, 0.15) is 21.7 Å². The second-order valence-electron chi connectivity index (χ2n) is 4.05. The first kappa shape index (κ1) is 13.4. The Balaban J connectivity index is 2.21. The van der Waals surface area contributed by atoms with Gasteiger partial charge in [-0.25, -0.2) is 4.39 Å². The number of nitrogens with one attached hydrogen (secondary N) is 1. The van der Waals surface area contributed by atoms with Gasteiger partial charge in [-0.2, -0.15) is 0 Å². The molecule has 1 aromatic carbocycles. The monoisotopic (exact) mass is 282 g/mol. The van der Waals surface area contributed by atoms with Crippen molar-refractivity contribution >= 4 is 23.2 Å². The summed E-state index contributed by atoms with van der Waals surface area (Å²) in [6.45, 7) is 1.94. The fraction of sp³-hybridized carbons (Fsp3) is 0.154. The van der Waals surface area contributed by atoms with Crippen molar-refractivity contribution < 1.29 is 13.6 Å². The van der Waals surface area contributed by atoms with Gasteiger partial charge in [0.1, 0.15) is 11.6 Å². The molecule has 0 spiro atoms. The zero-order valence-corrected chi connectivity index (χ0v) is 10.9. The maximum Gasteiger partial charge on any atom is 0.248 e. The second-order valence-corrected chi connectivity index (χ2v) is 4.43. The number of hydrogen-bond acceptors (Lipinski definition) is 3. The molecule has 0 aliphatic heterocycles. The summed E-state index contributed by atoms with van der Waals surface area (Å²) in [5.41, 5.74) is 6.15. The molecule has 2 rings (SSSR count). The van der Waals surface area contributed by atoms with E-state index in [1.807, 2.05) is 0 Å². The van der Waals surface area contributed by atoms with Gasteiger partial charge >= 0.3 is 0 Å². The van der Waals surface area contributed by atoms with E-state index >= 15 is 0 Å². The van der Waals surface area contributed by atoms with Crippen LogP contribution >= 0.6 is 11.6 Å². The molecule has 0 radical (unpaired) electrons. The van der Waals surface area contributed by atoms with E-state index in [0.29, 0.717) is 23.6 Å². The molecule has 6 heteroatoms. The predicted molar refractivity (Wildman–Crippen MR) is 70.7 cm³/mol. The van der Waals surface area contributed by atoms with Crippen LogP contribution < -0.4 is 11.1 Å². The van der Waals surface area contributed by atoms with Crippen molar-refractivity contribution in [3.8, 4) is 0 Å². The van der Waals surface area contributed by atoms with E-state index < -0.39 is 11.7 Å². The largest absolute Gasteiger partial charge is 0.448 e. The topological polar surface area (TPSA) is 68.3 Å². The van der Waals surface area contributed by atoms with E-state index in [-0.39, 0.29) is 10.8 Å². The first-order valence-electron chi connectivity index (χ1n) is 5.55. The highest BCUT2D eigenvalue weighted by Gasteiger charge is 2.10. The normalized spacial score (nSPS) is 10.5. The fourth-order valence-corrected chi connectivity index (χ4v) is 1.80. The standard InChI is InChI=1S/C13H12ClFN2O2/c1-7-10(15)4-8(13(16)18)5-11(7)17-6-9-2-3-12(14)19-9/h2-5,17H,6H2,1H3,(H2,16,18). The van der Waals surface area contributed by atoms with Gasteiger partial charge < -0.3 is 15.5 Å². The average molecular weight is 283 g/mol. The number of furan rings is 1. The van der Waals surface area contributed by atoms with Crippen molar-refractivity contribution in [2.45, 2.75) is 13.5 Å². The number of hydrogen-bond donors (Lipinski definition) is 2. The Morgan fingerprint density at radius 1 is 1.47 bits per heavy atom. The van der Waals surface area contributed by atoms with E-state index in [1.54, 1.807) is 19.1 Å². The first-order chi connectivity index (χ1) is 8.97. The maximum absolute atomic E-state index is 13.6. The highest BCUT2D eigenvalue weighted by atomic mass is 35.5.